The zero-order valence-electron chi connectivity index (χ0n) is 5.81. The summed E-state index contributed by atoms with van der Waals surface area (Å²) in [5.41, 5.74) is -0.512. The van der Waals surface area contributed by atoms with Gasteiger partial charge in [0, 0.05) is 0 Å². The predicted molar refractivity (Wildman–Crippen MR) is 32.7 cm³/mol. The van der Waals surface area contributed by atoms with E-state index in [4.69, 9.17) is 0 Å². The predicted octanol–water partition coefficient (Wildman–Crippen LogP) is 1.85. The molecule has 0 saturated carbocycles. The van der Waals surface area contributed by atoms with Gasteiger partial charge in [-0.25, -0.2) is 5.10 Å². The molecule has 0 radical (unpaired) electrons. The number of aromatic nitrogens is 2. The number of halogens is 3. The van der Waals surface area contributed by atoms with Crippen LogP contribution in [-0.4, -0.2) is 9.78 Å². The maximum atomic E-state index is 11.9. The summed E-state index contributed by atoms with van der Waals surface area (Å²) in [5, 5.41) is 3.16. The lowest BCUT2D eigenvalue weighted by atomic mass is 10.4. The average molecular weight is 163 g/mol. The summed E-state index contributed by atoms with van der Waals surface area (Å²) < 4.78 is 36.6. The Bertz CT molecular complexity index is 242. The van der Waals surface area contributed by atoms with Crippen LogP contribution in [0.25, 0.3) is 0 Å². The zero-order valence-corrected chi connectivity index (χ0v) is 5.81. The maximum Gasteiger partial charge on any atom is 0.433 e. The second kappa shape index (κ2) is 2.18. The summed E-state index contributed by atoms with van der Waals surface area (Å²) in [7, 11) is 3.26. The van der Waals surface area contributed by atoms with Crippen molar-refractivity contribution in [2.24, 2.45) is 0 Å². The summed E-state index contributed by atoms with van der Waals surface area (Å²) in [6, 6.07) is 0.951. The van der Waals surface area contributed by atoms with Gasteiger partial charge in [-0.3, -0.25) is 0 Å². The van der Waals surface area contributed by atoms with Crippen LogP contribution in [0.1, 0.15) is 11.4 Å². The van der Waals surface area contributed by atoms with E-state index in [2.05, 4.69) is 12.1 Å². The first-order chi connectivity index (χ1) is 4.91. The molecular weight excluding hydrogens is 157 g/mol. The molecule has 1 heterocycles. The van der Waals surface area contributed by atoms with Gasteiger partial charge in [0.25, 0.3) is 0 Å². The largest absolute Gasteiger partial charge is 0.433 e. The van der Waals surface area contributed by atoms with Crippen molar-refractivity contribution in [3.05, 3.63) is 24.5 Å². The maximum absolute atomic E-state index is 11.9. The van der Waals surface area contributed by atoms with Crippen LogP contribution in [-0.2, 0) is 6.18 Å². The third-order valence-corrected chi connectivity index (χ3v) is 1.27. The molecule has 2 nitrogen and oxygen atoms in total. The standard InChI is InChI=1S/C6H6F3N2/c1-4-3-5(6(7,8)9)10-11(4)2/h3H,2H2,1H3/q-1. The van der Waals surface area contributed by atoms with Gasteiger partial charge in [-0.2, -0.15) is 20.2 Å². The van der Waals surface area contributed by atoms with Crippen LogP contribution in [0.15, 0.2) is 6.07 Å². The van der Waals surface area contributed by atoms with Crippen LogP contribution in [0.4, 0.5) is 13.2 Å². The van der Waals surface area contributed by atoms with E-state index >= 15 is 0 Å². The molecule has 0 atom stereocenters. The Kier molecular flexibility index (Phi) is 1.58. The molecule has 0 amide bonds. The van der Waals surface area contributed by atoms with Crippen LogP contribution >= 0.6 is 0 Å². The Labute approximate surface area is 61.6 Å². The van der Waals surface area contributed by atoms with Gasteiger partial charge < -0.3 is 4.68 Å². The first-order valence-corrected chi connectivity index (χ1v) is 2.86. The van der Waals surface area contributed by atoms with Gasteiger partial charge in [0.05, 0.1) is 0 Å². The Hall–Kier alpha value is -1.13. The van der Waals surface area contributed by atoms with E-state index in [-0.39, 0.29) is 0 Å². The normalized spacial score (nSPS) is 12.0. The second-order valence-corrected chi connectivity index (χ2v) is 2.17. The number of rotatable bonds is 0. The van der Waals surface area contributed by atoms with Gasteiger partial charge in [-0.1, -0.05) is 13.0 Å². The molecule has 1 aromatic heterocycles. The topological polar surface area (TPSA) is 17.8 Å². The van der Waals surface area contributed by atoms with Crippen molar-refractivity contribution in [1.29, 1.82) is 0 Å². The number of hydrogen-bond acceptors (Lipinski definition) is 1. The summed E-state index contributed by atoms with van der Waals surface area (Å²) in [5.74, 6) is 0. The van der Waals surface area contributed by atoms with Crippen molar-refractivity contribution in [2.75, 3.05) is 0 Å². The first-order valence-electron chi connectivity index (χ1n) is 2.86. The number of aryl methyl sites for hydroxylation is 1. The molecule has 0 N–H and O–H groups in total. The Morgan fingerprint density at radius 3 is 2.27 bits per heavy atom. The Balaban J connectivity index is 3.08. The minimum Gasteiger partial charge on any atom is -0.405 e. The van der Waals surface area contributed by atoms with Gasteiger partial charge in [0.2, 0.25) is 0 Å². The molecule has 0 bridgehead atoms. The van der Waals surface area contributed by atoms with Crippen LogP contribution in [0.2, 0.25) is 0 Å². The van der Waals surface area contributed by atoms with E-state index < -0.39 is 11.9 Å². The highest BCUT2D eigenvalue weighted by molar-refractivity contribution is 5.11. The van der Waals surface area contributed by atoms with E-state index in [9.17, 15) is 13.2 Å². The Morgan fingerprint density at radius 1 is 1.55 bits per heavy atom. The van der Waals surface area contributed by atoms with Crippen molar-refractivity contribution in [2.45, 2.75) is 13.1 Å². The minimum absolute atomic E-state index is 0.386. The lowest BCUT2D eigenvalue weighted by Crippen LogP contribution is -2.06. The molecule has 0 fully saturated rings. The second-order valence-electron chi connectivity index (χ2n) is 2.17. The number of nitrogens with zero attached hydrogens (tertiary/aromatic N) is 2. The molecule has 0 unspecified atom stereocenters. The molecule has 5 heteroatoms. The molecule has 11 heavy (non-hydrogen) atoms. The lowest BCUT2D eigenvalue weighted by molar-refractivity contribution is -0.141. The minimum atomic E-state index is -4.37. The zero-order chi connectivity index (χ0) is 8.65. The summed E-state index contributed by atoms with van der Waals surface area (Å²) in [6.07, 6.45) is -4.37. The van der Waals surface area contributed by atoms with Crippen molar-refractivity contribution >= 4 is 0 Å². The van der Waals surface area contributed by atoms with E-state index in [1.54, 1.807) is 0 Å². The smallest absolute Gasteiger partial charge is 0.405 e. The third kappa shape index (κ3) is 1.47. The van der Waals surface area contributed by atoms with Crippen LogP contribution in [0.5, 0.6) is 0 Å². The monoisotopic (exact) mass is 163 g/mol. The van der Waals surface area contributed by atoms with Gasteiger partial charge in [-0.05, 0) is 0 Å². The highest BCUT2D eigenvalue weighted by Gasteiger charge is 2.32. The van der Waals surface area contributed by atoms with Gasteiger partial charge in [0.15, 0.2) is 0 Å². The van der Waals surface area contributed by atoms with E-state index in [1.165, 1.54) is 6.92 Å². The highest BCUT2D eigenvalue weighted by Crippen LogP contribution is 2.27. The molecule has 0 aliphatic carbocycles. The molecule has 0 spiro atoms. The van der Waals surface area contributed by atoms with Crippen LogP contribution in [0.3, 0.4) is 0 Å². The van der Waals surface area contributed by atoms with Crippen molar-refractivity contribution in [3.8, 4) is 0 Å². The summed E-state index contributed by atoms with van der Waals surface area (Å²) in [4.78, 5) is 0. The molecular formula is C6H6F3N2-. The van der Waals surface area contributed by atoms with Gasteiger partial charge >= 0.3 is 6.18 Å². The number of alkyl halides is 3. The average Bonchev–Trinajstić information content (AvgIpc) is 2.11. The van der Waals surface area contributed by atoms with E-state index in [0.29, 0.717) is 5.69 Å². The Morgan fingerprint density at radius 2 is 2.09 bits per heavy atom. The number of hydrogen-bond donors (Lipinski definition) is 0. The first kappa shape index (κ1) is 7.97. The fourth-order valence-corrected chi connectivity index (χ4v) is 0.649. The van der Waals surface area contributed by atoms with E-state index in [1.807, 2.05) is 0 Å². The molecule has 0 aliphatic rings. The highest BCUT2D eigenvalue weighted by atomic mass is 19.4. The molecule has 0 aromatic carbocycles. The third-order valence-electron chi connectivity index (χ3n) is 1.27. The van der Waals surface area contributed by atoms with Crippen molar-refractivity contribution in [1.82, 2.24) is 9.78 Å². The van der Waals surface area contributed by atoms with E-state index in [0.717, 1.165) is 10.7 Å². The summed E-state index contributed by atoms with van der Waals surface area (Å²) >= 11 is 0. The van der Waals surface area contributed by atoms with Crippen molar-refractivity contribution in [3.63, 3.8) is 0 Å². The van der Waals surface area contributed by atoms with Gasteiger partial charge in [0.1, 0.15) is 5.69 Å². The molecule has 0 aliphatic heterocycles. The molecule has 1 rings (SSSR count). The molecule has 1 aromatic rings. The quantitative estimate of drug-likeness (QED) is 0.533. The van der Waals surface area contributed by atoms with Gasteiger partial charge in [-0.15, -0.1) is 5.69 Å². The SMILES string of the molecule is [CH2-]n1nc(C(F)(F)F)cc1C. The summed E-state index contributed by atoms with van der Waals surface area (Å²) in [6.45, 7) is 1.51. The molecule has 62 valence electrons. The van der Waals surface area contributed by atoms with Crippen LogP contribution in [0, 0.1) is 14.0 Å². The fourth-order valence-electron chi connectivity index (χ4n) is 0.649. The fraction of sp³-hybridized carbons (Fsp3) is 0.333. The van der Waals surface area contributed by atoms with Crippen molar-refractivity contribution < 1.29 is 13.2 Å². The van der Waals surface area contributed by atoms with Crippen LogP contribution < -0.4 is 0 Å². The lowest BCUT2D eigenvalue weighted by Gasteiger charge is -2.02. The molecule has 0 saturated heterocycles.